The van der Waals surface area contributed by atoms with Gasteiger partial charge in [-0.3, -0.25) is 0 Å². The van der Waals surface area contributed by atoms with Crippen LogP contribution < -0.4 is 5.32 Å². The van der Waals surface area contributed by atoms with Gasteiger partial charge in [-0.15, -0.1) is 0 Å². The van der Waals surface area contributed by atoms with E-state index in [-0.39, 0.29) is 4.90 Å². The molecule has 0 amide bonds. The highest BCUT2D eigenvalue weighted by Gasteiger charge is 2.10. The molecule has 0 saturated carbocycles. The zero-order chi connectivity index (χ0) is 13.8. The highest BCUT2D eigenvalue weighted by Crippen LogP contribution is 2.34. The Kier molecular flexibility index (Phi) is 4.80. The second-order valence-electron chi connectivity index (χ2n) is 3.96. The number of nitrogens with one attached hydrogen (secondary N) is 1. The lowest BCUT2D eigenvalue weighted by molar-refractivity contribution is 0.577. The average Bonchev–Trinajstić information content (AvgIpc) is 2.37. The highest BCUT2D eigenvalue weighted by molar-refractivity contribution is 7.99. The lowest BCUT2D eigenvalue weighted by atomic mass is 10.2. The van der Waals surface area contributed by atoms with Gasteiger partial charge < -0.3 is 5.32 Å². The maximum Gasteiger partial charge on any atom is 0.137 e. The van der Waals surface area contributed by atoms with Crippen LogP contribution in [0.1, 0.15) is 5.56 Å². The molecule has 0 spiro atoms. The molecule has 2 aromatic rings. The molecule has 0 aliphatic carbocycles. The van der Waals surface area contributed by atoms with Gasteiger partial charge in [-0.2, -0.15) is 0 Å². The van der Waals surface area contributed by atoms with Crippen LogP contribution in [0.15, 0.2) is 46.2 Å². The van der Waals surface area contributed by atoms with Crippen molar-refractivity contribution in [2.24, 2.45) is 0 Å². The third-order valence-corrected chi connectivity index (χ3v) is 3.88. The summed E-state index contributed by atoms with van der Waals surface area (Å²) in [5.74, 6) is -0.900. The molecule has 0 bridgehead atoms. The Morgan fingerprint density at radius 3 is 2.63 bits per heavy atom. The molecule has 0 aliphatic rings. The number of hydrogen-bond acceptors (Lipinski definition) is 2. The Hall–Kier alpha value is -1.10. The van der Waals surface area contributed by atoms with Crippen molar-refractivity contribution in [2.75, 3.05) is 7.05 Å². The maximum absolute atomic E-state index is 13.6. The van der Waals surface area contributed by atoms with E-state index >= 15 is 0 Å². The molecule has 0 aromatic heterocycles. The first-order chi connectivity index (χ1) is 9.10. The van der Waals surface area contributed by atoms with E-state index in [0.29, 0.717) is 11.6 Å². The molecule has 0 saturated heterocycles. The van der Waals surface area contributed by atoms with Gasteiger partial charge in [-0.1, -0.05) is 29.4 Å². The standard InChI is InChI=1S/C14H12ClF2NS/c1-18-8-9-2-3-10(15)6-13(9)19-14-7-11(16)4-5-12(14)17/h2-7,18H,8H2,1H3. The third-order valence-electron chi connectivity index (χ3n) is 2.51. The van der Waals surface area contributed by atoms with E-state index in [2.05, 4.69) is 5.32 Å². The predicted molar refractivity (Wildman–Crippen MR) is 74.7 cm³/mol. The van der Waals surface area contributed by atoms with Gasteiger partial charge in [0, 0.05) is 16.5 Å². The van der Waals surface area contributed by atoms with Gasteiger partial charge >= 0.3 is 0 Å². The van der Waals surface area contributed by atoms with Crippen molar-refractivity contribution >= 4 is 23.4 Å². The van der Waals surface area contributed by atoms with Crippen LogP contribution in [0.2, 0.25) is 5.02 Å². The molecule has 19 heavy (non-hydrogen) atoms. The van der Waals surface area contributed by atoms with Gasteiger partial charge in [0.15, 0.2) is 0 Å². The number of halogens is 3. The van der Waals surface area contributed by atoms with Crippen LogP contribution in [0, 0.1) is 11.6 Å². The first kappa shape index (κ1) is 14.3. The maximum atomic E-state index is 13.6. The fraction of sp³-hybridized carbons (Fsp3) is 0.143. The minimum atomic E-state index is -0.457. The monoisotopic (exact) mass is 299 g/mol. The fourth-order valence-corrected chi connectivity index (χ4v) is 2.90. The molecule has 1 N–H and O–H groups in total. The van der Waals surface area contributed by atoms with Crippen molar-refractivity contribution in [3.63, 3.8) is 0 Å². The lowest BCUT2D eigenvalue weighted by Gasteiger charge is -2.10. The van der Waals surface area contributed by atoms with Crippen LogP contribution >= 0.6 is 23.4 Å². The fourth-order valence-electron chi connectivity index (χ4n) is 1.63. The van der Waals surface area contributed by atoms with Crippen LogP contribution in [0.4, 0.5) is 8.78 Å². The second-order valence-corrected chi connectivity index (χ2v) is 5.48. The normalized spacial score (nSPS) is 10.7. The van der Waals surface area contributed by atoms with E-state index in [1.54, 1.807) is 12.1 Å². The van der Waals surface area contributed by atoms with Gasteiger partial charge in [0.25, 0.3) is 0 Å². The summed E-state index contributed by atoms with van der Waals surface area (Å²) in [6.45, 7) is 0.635. The van der Waals surface area contributed by atoms with Crippen molar-refractivity contribution in [2.45, 2.75) is 16.3 Å². The Bertz CT molecular complexity index is 590. The number of rotatable bonds is 4. The van der Waals surface area contributed by atoms with Crippen LogP contribution in [-0.4, -0.2) is 7.05 Å². The SMILES string of the molecule is CNCc1ccc(Cl)cc1Sc1cc(F)ccc1F. The minimum absolute atomic E-state index is 0.250. The van der Waals surface area contributed by atoms with Gasteiger partial charge in [0.2, 0.25) is 0 Å². The molecule has 0 heterocycles. The third kappa shape index (κ3) is 3.69. The van der Waals surface area contributed by atoms with E-state index in [4.69, 9.17) is 11.6 Å². The molecule has 0 atom stereocenters. The second kappa shape index (κ2) is 6.37. The highest BCUT2D eigenvalue weighted by atomic mass is 35.5. The van der Waals surface area contributed by atoms with Crippen LogP contribution in [0.3, 0.4) is 0 Å². The molecule has 1 nitrogen and oxygen atoms in total. The van der Waals surface area contributed by atoms with Crippen molar-refractivity contribution < 1.29 is 8.78 Å². The molecule has 2 rings (SSSR count). The van der Waals surface area contributed by atoms with E-state index in [1.807, 2.05) is 13.1 Å². The summed E-state index contributed by atoms with van der Waals surface area (Å²) in [5.41, 5.74) is 0.987. The van der Waals surface area contributed by atoms with Gasteiger partial charge in [0.05, 0.1) is 4.90 Å². The summed E-state index contributed by atoms with van der Waals surface area (Å²) in [4.78, 5) is 1.06. The zero-order valence-corrected chi connectivity index (χ0v) is 11.8. The average molecular weight is 300 g/mol. The first-order valence-corrected chi connectivity index (χ1v) is 6.85. The smallest absolute Gasteiger partial charge is 0.137 e. The Morgan fingerprint density at radius 1 is 1.11 bits per heavy atom. The largest absolute Gasteiger partial charge is 0.316 e. The molecule has 2 aromatic carbocycles. The van der Waals surface area contributed by atoms with Gasteiger partial charge in [0.1, 0.15) is 11.6 Å². The van der Waals surface area contributed by atoms with Crippen LogP contribution in [-0.2, 0) is 6.54 Å². The van der Waals surface area contributed by atoms with Crippen LogP contribution in [0.5, 0.6) is 0 Å². The van der Waals surface area contributed by atoms with E-state index < -0.39 is 11.6 Å². The van der Waals surface area contributed by atoms with Crippen LogP contribution in [0.25, 0.3) is 0 Å². The van der Waals surface area contributed by atoms with Crippen molar-refractivity contribution in [1.29, 1.82) is 0 Å². The summed E-state index contributed by atoms with van der Waals surface area (Å²) < 4.78 is 26.8. The van der Waals surface area contributed by atoms with Crippen molar-refractivity contribution in [1.82, 2.24) is 5.32 Å². The minimum Gasteiger partial charge on any atom is -0.316 e. The molecular weight excluding hydrogens is 288 g/mol. The lowest BCUT2D eigenvalue weighted by Crippen LogP contribution is -2.06. The first-order valence-electron chi connectivity index (χ1n) is 5.66. The molecular formula is C14H12ClF2NS. The molecule has 0 unspecified atom stereocenters. The number of hydrogen-bond donors (Lipinski definition) is 1. The van der Waals surface area contributed by atoms with E-state index in [1.165, 1.54) is 17.8 Å². The van der Waals surface area contributed by atoms with Crippen molar-refractivity contribution in [3.05, 3.63) is 58.6 Å². The Labute approximate surface area is 120 Å². The van der Waals surface area contributed by atoms with E-state index in [0.717, 1.165) is 22.6 Å². The van der Waals surface area contributed by atoms with Gasteiger partial charge in [-0.05, 0) is 42.9 Å². The van der Waals surface area contributed by atoms with Gasteiger partial charge in [-0.25, -0.2) is 8.78 Å². The summed E-state index contributed by atoms with van der Waals surface area (Å²) in [6, 6.07) is 8.82. The topological polar surface area (TPSA) is 12.0 Å². The molecule has 0 radical (unpaired) electrons. The Balaban J connectivity index is 2.36. The molecule has 5 heteroatoms. The summed E-state index contributed by atoms with van der Waals surface area (Å²) >= 11 is 7.12. The molecule has 0 aliphatic heterocycles. The van der Waals surface area contributed by atoms with E-state index in [9.17, 15) is 8.78 Å². The summed E-state index contributed by atoms with van der Waals surface area (Å²) in [6.07, 6.45) is 0. The Morgan fingerprint density at radius 2 is 1.89 bits per heavy atom. The quantitative estimate of drug-likeness (QED) is 0.893. The summed E-state index contributed by atoms with van der Waals surface area (Å²) in [5, 5.41) is 3.60. The molecule has 100 valence electrons. The van der Waals surface area contributed by atoms with Crippen molar-refractivity contribution in [3.8, 4) is 0 Å². The predicted octanol–water partition coefficient (Wildman–Crippen LogP) is 4.49. The summed E-state index contributed by atoms with van der Waals surface area (Å²) in [7, 11) is 1.83. The number of benzene rings is 2. The molecule has 0 fully saturated rings. The zero-order valence-electron chi connectivity index (χ0n) is 10.2.